The summed E-state index contributed by atoms with van der Waals surface area (Å²) < 4.78 is 26.1. The van der Waals surface area contributed by atoms with Crippen molar-refractivity contribution in [3.8, 4) is 0 Å². The van der Waals surface area contributed by atoms with Gasteiger partial charge in [-0.2, -0.15) is 0 Å². The summed E-state index contributed by atoms with van der Waals surface area (Å²) in [5.74, 6) is -1.74. The van der Waals surface area contributed by atoms with E-state index >= 15 is 0 Å². The third-order valence-corrected chi connectivity index (χ3v) is 4.01. The van der Waals surface area contributed by atoms with Gasteiger partial charge in [-0.15, -0.1) is 12.4 Å². The van der Waals surface area contributed by atoms with Crippen molar-refractivity contribution in [3.05, 3.63) is 35.4 Å². The molecule has 0 aliphatic carbocycles. The summed E-state index contributed by atoms with van der Waals surface area (Å²) in [7, 11) is 1.70. The van der Waals surface area contributed by atoms with E-state index in [0.29, 0.717) is 5.56 Å². The first-order valence-corrected chi connectivity index (χ1v) is 6.93. The lowest BCUT2D eigenvalue weighted by molar-refractivity contribution is -0.137. The number of amides is 1. The first-order valence-electron chi connectivity index (χ1n) is 6.93. The summed E-state index contributed by atoms with van der Waals surface area (Å²) in [6.07, 6.45) is 2.54. The van der Waals surface area contributed by atoms with E-state index in [-0.39, 0.29) is 24.9 Å². The molecular weight excluding hydrogens is 298 g/mol. The molecule has 1 heterocycles. The number of nitrogens with one attached hydrogen (secondary N) is 1. The zero-order chi connectivity index (χ0) is 14.8. The summed E-state index contributed by atoms with van der Waals surface area (Å²) in [5.41, 5.74) is 0.0943. The van der Waals surface area contributed by atoms with Gasteiger partial charge < -0.3 is 10.2 Å². The minimum atomic E-state index is -0.882. The molecule has 0 radical (unpaired) electrons. The van der Waals surface area contributed by atoms with Crippen LogP contribution in [-0.4, -0.2) is 29.9 Å². The molecule has 1 aliphatic heterocycles. The average Bonchev–Trinajstić information content (AvgIpc) is 2.92. The highest BCUT2D eigenvalue weighted by Crippen LogP contribution is 2.25. The Kier molecular flexibility index (Phi) is 6.10. The van der Waals surface area contributed by atoms with Crippen LogP contribution >= 0.6 is 12.4 Å². The molecule has 1 aromatic rings. The van der Waals surface area contributed by atoms with E-state index in [1.165, 1.54) is 6.07 Å². The highest BCUT2D eigenvalue weighted by atomic mass is 35.5. The van der Waals surface area contributed by atoms with E-state index in [9.17, 15) is 13.6 Å². The Balaban J connectivity index is 0.00000220. The predicted molar refractivity (Wildman–Crippen MR) is 80.3 cm³/mol. The normalized spacial score (nSPS) is 21.0. The summed E-state index contributed by atoms with van der Waals surface area (Å²) in [5, 5.41) is 3.28. The molecule has 21 heavy (non-hydrogen) atoms. The lowest BCUT2D eigenvalue weighted by atomic mass is 9.92. The molecule has 0 bridgehead atoms. The van der Waals surface area contributed by atoms with Crippen molar-refractivity contribution in [1.29, 1.82) is 0 Å². The van der Waals surface area contributed by atoms with Crippen molar-refractivity contribution < 1.29 is 13.6 Å². The van der Waals surface area contributed by atoms with E-state index in [2.05, 4.69) is 5.32 Å². The molecule has 0 saturated carbocycles. The van der Waals surface area contributed by atoms with Gasteiger partial charge >= 0.3 is 0 Å². The van der Waals surface area contributed by atoms with Crippen LogP contribution in [0.15, 0.2) is 18.2 Å². The molecule has 1 unspecified atom stereocenters. The predicted octanol–water partition coefficient (Wildman–Crippen LogP) is 2.88. The number of likely N-dealkylation sites (N-methyl/N-ethyl adjacent to an activating group) is 1. The van der Waals surface area contributed by atoms with E-state index < -0.39 is 17.2 Å². The zero-order valence-corrected chi connectivity index (χ0v) is 13.1. The number of hydrogen-bond acceptors (Lipinski definition) is 2. The van der Waals surface area contributed by atoms with Crippen LogP contribution in [0, 0.1) is 11.6 Å². The minimum Gasteiger partial charge on any atom is -0.340 e. The quantitative estimate of drug-likeness (QED) is 0.926. The molecule has 0 aromatic heterocycles. The van der Waals surface area contributed by atoms with Crippen LogP contribution < -0.4 is 5.32 Å². The fourth-order valence-electron chi connectivity index (χ4n) is 2.79. The van der Waals surface area contributed by atoms with E-state index in [4.69, 9.17) is 0 Å². The number of halogens is 3. The molecule has 1 aromatic carbocycles. The van der Waals surface area contributed by atoms with Gasteiger partial charge in [0.05, 0.1) is 5.54 Å². The van der Waals surface area contributed by atoms with Crippen LogP contribution in [0.1, 0.15) is 31.7 Å². The van der Waals surface area contributed by atoms with E-state index in [1.807, 2.05) is 6.92 Å². The molecule has 1 aliphatic rings. The van der Waals surface area contributed by atoms with Gasteiger partial charge in [0.2, 0.25) is 5.91 Å². The van der Waals surface area contributed by atoms with Crippen molar-refractivity contribution in [1.82, 2.24) is 10.2 Å². The second kappa shape index (κ2) is 7.18. The van der Waals surface area contributed by atoms with Gasteiger partial charge in [0.15, 0.2) is 11.6 Å². The first-order chi connectivity index (χ1) is 9.48. The second-order valence-corrected chi connectivity index (χ2v) is 5.38. The van der Waals surface area contributed by atoms with Crippen LogP contribution in [0.5, 0.6) is 0 Å². The van der Waals surface area contributed by atoms with Crippen molar-refractivity contribution in [2.24, 2.45) is 0 Å². The van der Waals surface area contributed by atoms with Crippen LogP contribution in [0.2, 0.25) is 0 Å². The molecule has 1 atom stereocenters. The molecule has 2 rings (SSSR count). The average molecular weight is 319 g/mol. The van der Waals surface area contributed by atoms with Crippen LogP contribution in [0.3, 0.4) is 0 Å². The standard InChI is InChI=1S/C15H20F2N2O.ClH/c1-3-15(7-4-8-18-15)14(20)19(2)10-11-5-6-12(16)13(17)9-11;/h5-6,9,18H,3-4,7-8,10H2,1-2H3;1H. The Morgan fingerprint density at radius 3 is 2.62 bits per heavy atom. The van der Waals surface area contributed by atoms with Gasteiger partial charge in [-0.05, 0) is 43.5 Å². The molecular formula is C15H21ClF2N2O. The lowest BCUT2D eigenvalue weighted by Crippen LogP contribution is -2.53. The Morgan fingerprint density at radius 2 is 2.10 bits per heavy atom. The highest BCUT2D eigenvalue weighted by molar-refractivity contribution is 5.86. The number of carbonyl (C=O) groups is 1. The van der Waals surface area contributed by atoms with Gasteiger partial charge in [-0.3, -0.25) is 4.79 Å². The zero-order valence-electron chi connectivity index (χ0n) is 12.3. The Labute approximate surface area is 130 Å². The number of rotatable bonds is 4. The third kappa shape index (κ3) is 3.71. The number of carbonyl (C=O) groups excluding carboxylic acids is 1. The summed E-state index contributed by atoms with van der Waals surface area (Å²) >= 11 is 0. The molecule has 6 heteroatoms. The van der Waals surface area contributed by atoms with Crippen LogP contribution in [0.25, 0.3) is 0 Å². The fraction of sp³-hybridized carbons (Fsp3) is 0.533. The Hall–Kier alpha value is -1.20. The van der Waals surface area contributed by atoms with Crippen LogP contribution in [-0.2, 0) is 11.3 Å². The topological polar surface area (TPSA) is 32.3 Å². The Morgan fingerprint density at radius 1 is 1.38 bits per heavy atom. The molecule has 1 amide bonds. The van der Waals surface area contributed by atoms with Crippen molar-refractivity contribution in [2.45, 2.75) is 38.3 Å². The number of hydrogen-bond donors (Lipinski definition) is 1. The van der Waals surface area contributed by atoms with Crippen molar-refractivity contribution in [2.75, 3.05) is 13.6 Å². The lowest BCUT2D eigenvalue weighted by Gasteiger charge is -2.31. The smallest absolute Gasteiger partial charge is 0.242 e. The van der Waals surface area contributed by atoms with Crippen LogP contribution in [0.4, 0.5) is 8.78 Å². The van der Waals surface area contributed by atoms with Gasteiger partial charge in [0.1, 0.15) is 0 Å². The molecule has 0 spiro atoms. The maximum absolute atomic E-state index is 13.2. The summed E-state index contributed by atoms with van der Waals surface area (Å²) in [4.78, 5) is 14.1. The second-order valence-electron chi connectivity index (χ2n) is 5.38. The summed E-state index contributed by atoms with van der Waals surface area (Å²) in [6.45, 7) is 3.11. The van der Waals surface area contributed by atoms with Crippen molar-refractivity contribution in [3.63, 3.8) is 0 Å². The monoisotopic (exact) mass is 318 g/mol. The van der Waals surface area contributed by atoms with Gasteiger partial charge in [-0.25, -0.2) is 8.78 Å². The van der Waals surface area contributed by atoms with E-state index in [1.54, 1.807) is 11.9 Å². The first kappa shape index (κ1) is 17.9. The van der Waals surface area contributed by atoms with Gasteiger partial charge in [0.25, 0.3) is 0 Å². The maximum Gasteiger partial charge on any atom is 0.242 e. The SMILES string of the molecule is CCC1(C(=O)N(C)Cc2ccc(F)c(F)c2)CCCN1.Cl. The fourth-order valence-corrected chi connectivity index (χ4v) is 2.79. The highest BCUT2D eigenvalue weighted by Gasteiger charge is 2.40. The largest absolute Gasteiger partial charge is 0.340 e. The maximum atomic E-state index is 13.2. The molecule has 1 N–H and O–H groups in total. The number of benzene rings is 1. The van der Waals surface area contributed by atoms with Crippen molar-refractivity contribution >= 4 is 18.3 Å². The number of nitrogens with zero attached hydrogens (tertiary/aromatic N) is 1. The van der Waals surface area contributed by atoms with E-state index in [0.717, 1.165) is 37.9 Å². The molecule has 1 saturated heterocycles. The summed E-state index contributed by atoms with van der Waals surface area (Å²) in [6, 6.07) is 3.73. The molecule has 118 valence electrons. The molecule has 1 fully saturated rings. The molecule has 3 nitrogen and oxygen atoms in total. The minimum absolute atomic E-state index is 0. The van der Waals surface area contributed by atoms with Gasteiger partial charge in [-0.1, -0.05) is 13.0 Å². The van der Waals surface area contributed by atoms with Gasteiger partial charge in [0, 0.05) is 13.6 Å². The Bertz CT molecular complexity index is 504. The third-order valence-electron chi connectivity index (χ3n) is 4.01.